The van der Waals surface area contributed by atoms with Gasteiger partial charge in [-0.25, -0.2) is 0 Å². The SMILES string of the molecule is CC(C)=CCNC(C)CS(C)=O. The van der Waals surface area contributed by atoms with Crippen LogP contribution in [0.5, 0.6) is 0 Å². The fraction of sp³-hybridized carbons (Fsp3) is 0.778. The molecule has 0 aliphatic heterocycles. The van der Waals surface area contributed by atoms with Gasteiger partial charge in [-0.3, -0.25) is 4.21 Å². The maximum absolute atomic E-state index is 10.8. The number of rotatable bonds is 5. The summed E-state index contributed by atoms with van der Waals surface area (Å²) in [6.45, 7) is 7.08. The van der Waals surface area contributed by atoms with Crippen molar-refractivity contribution in [3.05, 3.63) is 11.6 Å². The van der Waals surface area contributed by atoms with Crippen LogP contribution in [0.1, 0.15) is 20.8 Å². The molecule has 0 amide bonds. The van der Waals surface area contributed by atoms with Crippen LogP contribution in [-0.4, -0.2) is 28.8 Å². The average Bonchev–Trinajstić information content (AvgIpc) is 1.84. The highest BCUT2D eigenvalue weighted by Crippen LogP contribution is 1.88. The van der Waals surface area contributed by atoms with Gasteiger partial charge in [0.1, 0.15) is 0 Å². The summed E-state index contributed by atoms with van der Waals surface area (Å²) in [5, 5.41) is 3.28. The predicted octanol–water partition coefficient (Wildman–Crippen LogP) is 1.31. The quantitative estimate of drug-likeness (QED) is 0.661. The zero-order chi connectivity index (χ0) is 9.56. The molecule has 0 fully saturated rings. The molecule has 0 aromatic carbocycles. The van der Waals surface area contributed by atoms with E-state index >= 15 is 0 Å². The van der Waals surface area contributed by atoms with Gasteiger partial charge < -0.3 is 5.32 Å². The minimum atomic E-state index is -0.693. The van der Waals surface area contributed by atoms with E-state index in [0.717, 1.165) is 12.3 Å². The molecule has 2 nitrogen and oxygen atoms in total. The number of allylic oxidation sites excluding steroid dienone is 1. The van der Waals surface area contributed by atoms with Gasteiger partial charge in [-0.1, -0.05) is 11.6 Å². The van der Waals surface area contributed by atoms with Crippen LogP contribution in [0.25, 0.3) is 0 Å². The Morgan fingerprint density at radius 3 is 2.58 bits per heavy atom. The highest BCUT2D eigenvalue weighted by atomic mass is 32.2. The first-order chi connectivity index (χ1) is 5.52. The van der Waals surface area contributed by atoms with Gasteiger partial charge in [0.15, 0.2) is 0 Å². The second-order valence-corrected chi connectivity index (χ2v) is 4.81. The Morgan fingerprint density at radius 1 is 1.58 bits per heavy atom. The van der Waals surface area contributed by atoms with Gasteiger partial charge in [-0.2, -0.15) is 0 Å². The van der Waals surface area contributed by atoms with E-state index in [1.54, 1.807) is 6.26 Å². The van der Waals surface area contributed by atoms with E-state index in [2.05, 4.69) is 32.2 Å². The number of hydrogen-bond acceptors (Lipinski definition) is 2. The standard InChI is InChI=1S/C9H19NOS/c1-8(2)5-6-10-9(3)7-12(4)11/h5,9-10H,6-7H2,1-4H3. The third-order valence-electron chi connectivity index (χ3n) is 1.46. The van der Waals surface area contributed by atoms with Crippen molar-refractivity contribution in [3.8, 4) is 0 Å². The summed E-state index contributed by atoms with van der Waals surface area (Å²) in [7, 11) is -0.693. The van der Waals surface area contributed by atoms with Gasteiger partial charge >= 0.3 is 0 Å². The van der Waals surface area contributed by atoms with E-state index in [4.69, 9.17) is 0 Å². The molecule has 0 heterocycles. The maximum Gasteiger partial charge on any atom is 0.0383 e. The molecule has 1 N–H and O–H groups in total. The van der Waals surface area contributed by atoms with Crippen LogP contribution in [0.3, 0.4) is 0 Å². The van der Waals surface area contributed by atoms with Crippen molar-refractivity contribution in [2.45, 2.75) is 26.8 Å². The number of hydrogen-bond donors (Lipinski definition) is 1. The smallest absolute Gasteiger partial charge is 0.0383 e. The van der Waals surface area contributed by atoms with Crippen LogP contribution in [0.15, 0.2) is 11.6 Å². The molecule has 0 aliphatic carbocycles. The Kier molecular flexibility index (Phi) is 6.30. The lowest BCUT2D eigenvalue weighted by molar-refractivity contribution is 0.624. The summed E-state index contributed by atoms with van der Waals surface area (Å²) in [5.74, 6) is 0.733. The minimum absolute atomic E-state index is 0.339. The predicted molar refractivity (Wildman–Crippen MR) is 55.8 cm³/mol. The van der Waals surface area contributed by atoms with Crippen LogP contribution >= 0.6 is 0 Å². The lowest BCUT2D eigenvalue weighted by Gasteiger charge is -2.09. The van der Waals surface area contributed by atoms with E-state index < -0.39 is 10.8 Å². The molecule has 72 valence electrons. The molecule has 0 aromatic rings. The van der Waals surface area contributed by atoms with Gasteiger partial charge in [0.05, 0.1) is 0 Å². The van der Waals surface area contributed by atoms with Crippen molar-refractivity contribution >= 4 is 10.8 Å². The van der Waals surface area contributed by atoms with Crippen molar-refractivity contribution in [1.29, 1.82) is 0 Å². The molecule has 3 heteroatoms. The Hall–Kier alpha value is -0.150. The normalized spacial score (nSPS) is 15.3. The minimum Gasteiger partial charge on any atom is -0.310 e. The Bertz CT molecular complexity index is 173. The first kappa shape index (κ1) is 11.8. The topological polar surface area (TPSA) is 29.1 Å². The van der Waals surface area contributed by atoms with Gasteiger partial charge in [-0.05, 0) is 20.8 Å². The van der Waals surface area contributed by atoms with Crippen LogP contribution < -0.4 is 5.32 Å². The summed E-state index contributed by atoms with van der Waals surface area (Å²) in [6, 6.07) is 0.339. The van der Waals surface area contributed by atoms with E-state index in [9.17, 15) is 4.21 Å². The summed E-state index contributed by atoms with van der Waals surface area (Å²) in [5.41, 5.74) is 1.31. The molecule has 0 spiro atoms. The lowest BCUT2D eigenvalue weighted by atomic mass is 10.3. The molecule has 2 unspecified atom stereocenters. The summed E-state index contributed by atoms with van der Waals surface area (Å²) < 4.78 is 10.8. The second kappa shape index (κ2) is 6.38. The molecule has 2 atom stereocenters. The van der Waals surface area contributed by atoms with Crippen molar-refractivity contribution < 1.29 is 4.21 Å². The Morgan fingerprint density at radius 2 is 2.17 bits per heavy atom. The van der Waals surface area contributed by atoms with Crippen LogP contribution in [0.4, 0.5) is 0 Å². The molecule has 0 saturated carbocycles. The van der Waals surface area contributed by atoms with Crippen molar-refractivity contribution in [1.82, 2.24) is 5.32 Å². The average molecular weight is 189 g/mol. The fourth-order valence-electron chi connectivity index (χ4n) is 0.875. The molecule has 12 heavy (non-hydrogen) atoms. The van der Waals surface area contributed by atoms with Crippen LogP contribution in [0, 0.1) is 0 Å². The van der Waals surface area contributed by atoms with E-state index in [-0.39, 0.29) is 0 Å². The third kappa shape index (κ3) is 7.95. The molecule has 0 aromatic heterocycles. The molecule has 0 radical (unpaired) electrons. The van der Waals surface area contributed by atoms with E-state index in [1.807, 2.05) is 0 Å². The van der Waals surface area contributed by atoms with Gasteiger partial charge in [0.2, 0.25) is 0 Å². The molecule has 0 rings (SSSR count). The Balaban J connectivity index is 3.50. The van der Waals surface area contributed by atoms with Gasteiger partial charge in [0, 0.05) is 35.4 Å². The first-order valence-corrected chi connectivity index (χ1v) is 5.92. The zero-order valence-electron chi connectivity index (χ0n) is 8.39. The Labute approximate surface area is 77.9 Å². The summed E-state index contributed by atoms with van der Waals surface area (Å²) in [4.78, 5) is 0. The van der Waals surface area contributed by atoms with Crippen LogP contribution in [0.2, 0.25) is 0 Å². The summed E-state index contributed by atoms with van der Waals surface area (Å²) in [6.07, 6.45) is 3.87. The van der Waals surface area contributed by atoms with Crippen molar-refractivity contribution in [2.75, 3.05) is 18.6 Å². The van der Waals surface area contributed by atoms with E-state index in [0.29, 0.717) is 6.04 Å². The van der Waals surface area contributed by atoms with Crippen LogP contribution in [-0.2, 0) is 10.8 Å². The third-order valence-corrected chi connectivity index (χ3v) is 2.43. The highest BCUT2D eigenvalue weighted by Gasteiger charge is 2.00. The number of nitrogens with one attached hydrogen (secondary N) is 1. The van der Waals surface area contributed by atoms with Gasteiger partial charge in [0.25, 0.3) is 0 Å². The summed E-state index contributed by atoms with van der Waals surface area (Å²) >= 11 is 0. The molecular formula is C9H19NOS. The molecule has 0 saturated heterocycles. The fourth-order valence-corrected chi connectivity index (χ4v) is 1.70. The largest absolute Gasteiger partial charge is 0.310 e. The lowest BCUT2D eigenvalue weighted by Crippen LogP contribution is -2.31. The zero-order valence-corrected chi connectivity index (χ0v) is 9.20. The second-order valence-electron chi connectivity index (χ2n) is 3.33. The molecular weight excluding hydrogens is 170 g/mol. The highest BCUT2D eigenvalue weighted by molar-refractivity contribution is 7.84. The molecule has 0 bridgehead atoms. The maximum atomic E-state index is 10.8. The van der Waals surface area contributed by atoms with Crippen molar-refractivity contribution in [3.63, 3.8) is 0 Å². The molecule has 0 aliphatic rings. The first-order valence-electron chi connectivity index (χ1n) is 4.19. The van der Waals surface area contributed by atoms with E-state index in [1.165, 1.54) is 5.57 Å². The van der Waals surface area contributed by atoms with Gasteiger partial charge in [-0.15, -0.1) is 0 Å². The van der Waals surface area contributed by atoms with Crippen molar-refractivity contribution in [2.24, 2.45) is 0 Å². The monoisotopic (exact) mass is 189 g/mol.